The van der Waals surface area contributed by atoms with Gasteiger partial charge in [0.1, 0.15) is 0 Å². The van der Waals surface area contributed by atoms with Crippen LogP contribution in [0.3, 0.4) is 0 Å². The minimum atomic E-state index is -1.07. The third kappa shape index (κ3) is 2.76. The first-order valence-corrected chi connectivity index (χ1v) is 10.0. The molecule has 3 heteroatoms. The van der Waals surface area contributed by atoms with Gasteiger partial charge in [0.05, 0.1) is 12.5 Å². The third-order valence-electron chi connectivity index (χ3n) is 3.68. The number of hydrogen-bond acceptors (Lipinski definition) is 2. The summed E-state index contributed by atoms with van der Waals surface area (Å²) in [5.41, 5.74) is 0. The molecule has 0 saturated heterocycles. The second kappa shape index (κ2) is 4.36. The van der Waals surface area contributed by atoms with Crippen molar-refractivity contribution in [1.82, 2.24) is 0 Å². The lowest BCUT2D eigenvalue weighted by Crippen LogP contribution is -2.26. The summed E-state index contributed by atoms with van der Waals surface area (Å²) in [4.78, 5) is 11.9. The molecule has 3 unspecified atom stereocenters. The number of carbonyl (C=O) groups excluding carboxylic acids is 1. The highest BCUT2D eigenvalue weighted by Crippen LogP contribution is 2.43. The SMILES string of the molecule is C[Si](C)(C)CCOC(=O)C1CC2C=CC1C2. The average Bonchev–Trinajstić information content (AvgIpc) is 2.76. The molecule has 1 saturated carbocycles. The summed E-state index contributed by atoms with van der Waals surface area (Å²) >= 11 is 0. The highest BCUT2D eigenvalue weighted by atomic mass is 28.3. The molecule has 0 heterocycles. The highest BCUT2D eigenvalue weighted by molar-refractivity contribution is 6.76. The number of fused-ring (bicyclic) bond motifs is 2. The molecule has 16 heavy (non-hydrogen) atoms. The van der Waals surface area contributed by atoms with Crippen LogP contribution in [0.5, 0.6) is 0 Å². The Balaban J connectivity index is 1.75. The van der Waals surface area contributed by atoms with Crippen LogP contribution >= 0.6 is 0 Å². The van der Waals surface area contributed by atoms with E-state index in [9.17, 15) is 4.79 Å². The number of ether oxygens (including phenoxy) is 1. The molecule has 0 amide bonds. The maximum atomic E-state index is 11.9. The summed E-state index contributed by atoms with van der Waals surface area (Å²) in [6.07, 6.45) is 6.66. The van der Waals surface area contributed by atoms with Crippen molar-refractivity contribution in [2.45, 2.75) is 38.5 Å². The first-order chi connectivity index (χ1) is 7.46. The topological polar surface area (TPSA) is 26.3 Å². The van der Waals surface area contributed by atoms with Crippen molar-refractivity contribution in [2.75, 3.05) is 6.61 Å². The smallest absolute Gasteiger partial charge is 0.309 e. The summed E-state index contributed by atoms with van der Waals surface area (Å²) in [5.74, 6) is 1.34. The Morgan fingerprint density at radius 1 is 1.31 bits per heavy atom. The zero-order valence-corrected chi connectivity index (χ0v) is 11.5. The first-order valence-electron chi connectivity index (χ1n) is 6.31. The lowest BCUT2D eigenvalue weighted by molar-refractivity contribution is -0.148. The monoisotopic (exact) mass is 238 g/mol. The molecule has 90 valence electrons. The van der Waals surface area contributed by atoms with Crippen molar-refractivity contribution < 1.29 is 9.53 Å². The highest BCUT2D eigenvalue weighted by Gasteiger charge is 2.40. The van der Waals surface area contributed by atoms with E-state index in [1.165, 1.54) is 6.42 Å². The van der Waals surface area contributed by atoms with E-state index in [2.05, 4.69) is 31.8 Å². The van der Waals surface area contributed by atoms with E-state index < -0.39 is 8.07 Å². The van der Waals surface area contributed by atoms with E-state index in [1.54, 1.807) is 0 Å². The van der Waals surface area contributed by atoms with Gasteiger partial charge in [-0.1, -0.05) is 31.8 Å². The van der Waals surface area contributed by atoms with Crippen molar-refractivity contribution in [2.24, 2.45) is 17.8 Å². The van der Waals surface area contributed by atoms with Crippen LogP contribution in [-0.4, -0.2) is 20.7 Å². The summed E-state index contributed by atoms with van der Waals surface area (Å²) in [5, 5.41) is 0. The van der Waals surface area contributed by atoms with Crippen LogP contribution < -0.4 is 0 Å². The number of rotatable bonds is 4. The molecular weight excluding hydrogens is 216 g/mol. The molecule has 0 aromatic rings. The molecule has 0 aromatic carbocycles. The van der Waals surface area contributed by atoms with Crippen LogP contribution in [0.2, 0.25) is 25.7 Å². The van der Waals surface area contributed by atoms with Crippen LogP contribution in [0.1, 0.15) is 12.8 Å². The molecule has 2 bridgehead atoms. The standard InChI is InChI=1S/C13H22O2Si/c1-16(2,3)7-6-15-13(14)12-9-10-4-5-11(12)8-10/h4-5,10-12H,6-9H2,1-3H3. The van der Waals surface area contributed by atoms with Gasteiger partial charge in [0, 0.05) is 8.07 Å². The quantitative estimate of drug-likeness (QED) is 0.427. The molecule has 0 N–H and O–H groups in total. The molecule has 3 atom stereocenters. The third-order valence-corrected chi connectivity index (χ3v) is 5.38. The van der Waals surface area contributed by atoms with Crippen molar-refractivity contribution in [3.63, 3.8) is 0 Å². The predicted molar refractivity (Wildman–Crippen MR) is 68.0 cm³/mol. The summed E-state index contributed by atoms with van der Waals surface area (Å²) in [6, 6.07) is 1.08. The Morgan fingerprint density at radius 2 is 2.06 bits per heavy atom. The molecule has 2 rings (SSSR count). The fraction of sp³-hybridized carbons (Fsp3) is 0.769. The second-order valence-electron chi connectivity index (χ2n) is 6.36. The molecule has 2 aliphatic rings. The Hall–Kier alpha value is -0.573. The van der Waals surface area contributed by atoms with Crippen LogP contribution in [0.15, 0.2) is 12.2 Å². The van der Waals surface area contributed by atoms with Gasteiger partial charge < -0.3 is 4.74 Å². The Labute approximate surface area is 99.1 Å². The maximum Gasteiger partial charge on any atom is 0.309 e. The fourth-order valence-corrected chi connectivity index (χ4v) is 3.33. The van der Waals surface area contributed by atoms with Gasteiger partial charge in [-0.15, -0.1) is 0 Å². The molecule has 0 radical (unpaired) electrons. The van der Waals surface area contributed by atoms with E-state index in [0.29, 0.717) is 18.4 Å². The van der Waals surface area contributed by atoms with Gasteiger partial charge in [0.2, 0.25) is 0 Å². The zero-order chi connectivity index (χ0) is 11.8. The Kier molecular flexibility index (Phi) is 3.24. The molecule has 2 nitrogen and oxygen atoms in total. The lowest BCUT2D eigenvalue weighted by Gasteiger charge is -2.19. The molecule has 1 fully saturated rings. The van der Waals surface area contributed by atoms with Gasteiger partial charge in [-0.25, -0.2) is 0 Å². The maximum absolute atomic E-state index is 11.9. The van der Waals surface area contributed by atoms with E-state index in [4.69, 9.17) is 4.74 Å². The minimum Gasteiger partial charge on any atom is -0.466 e. The first kappa shape index (κ1) is 11.9. The number of hydrogen-bond donors (Lipinski definition) is 0. The van der Waals surface area contributed by atoms with Gasteiger partial charge in [0.25, 0.3) is 0 Å². The van der Waals surface area contributed by atoms with Crippen LogP contribution in [0.25, 0.3) is 0 Å². The van der Waals surface area contributed by atoms with Crippen molar-refractivity contribution in [3.8, 4) is 0 Å². The van der Waals surface area contributed by atoms with Crippen molar-refractivity contribution in [1.29, 1.82) is 0 Å². The predicted octanol–water partition coefficient (Wildman–Crippen LogP) is 3.08. The van der Waals surface area contributed by atoms with Crippen molar-refractivity contribution >= 4 is 14.0 Å². The fourth-order valence-electron chi connectivity index (χ4n) is 2.62. The van der Waals surface area contributed by atoms with Crippen molar-refractivity contribution in [3.05, 3.63) is 12.2 Å². The van der Waals surface area contributed by atoms with Gasteiger partial charge in [0.15, 0.2) is 0 Å². The van der Waals surface area contributed by atoms with E-state index in [-0.39, 0.29) is 11.9 Å². The Bertz CT molecular complexity index is 304. The molecular formula is C13H22O2Si. The van der Waals surface area contributed by atoms with Gasteiger partial charge in [-0.3, -0.25) is 4.79 Å². The van der Waals surface area contributed by atoms with Gasteiger partial charge in [-0.2, -0.15) is 0 Å². The van der Waals surface area contributed by atoms with E-state index in [1.807, 2.05) is 0 Å². The van der Waals surface area contributed by atoms with Gasteiger partial charge in [-0.05, 0) is 30.7 Å². The Morgan fingerprint density at radius 3 is 2.56 bits per heavy atom. The average molecular weight is 238 g/mol. The second-order valence-corrected chi connectivity index (χ2v) is 12.0. The number of carbonyl (C=O) groups is 1. The summed E-state index contributed by atoms with van der Waals surface area (Å²) in [6.45, 7) is 7.55. The molecule has 2 aliphatic carbocycles. The van der Waals surface area contributed by atoms with Crippen LogP contribution in [-0.2, 0) is 9.53 Å². The molecule has 0 aromatic heterocycles. The normalized spacial score (nSPS) is 32.1. The number of esters is 1. The minimum absolute atomic E-state index is 0.0510. The zero-order valence-electron chi connectivity index (χ0n) is 10.5. The van der Waals surface area contributed by atoms with Crippen LogP contribution in [0.4, 0.5) is 0 Å². The molecule has 0 spiro atoms. The number of allylic oxidation sites excluding steroid dienone is 2. The van der Waals surface area contributed by atoms with Crippen LogP contribution in [0, 0.1) is 17.8 Å². The van der Waals surface area contributed by atoms with Gasteiger partial charge >= 0.3 is 5.97 Å². The largest absolute Gasteiger partial charge is 0.466 e. The molecule has 0 aliphatic heterocycles. The van der Waals surface area contributed by atoms with E-state index in [0.717, 1.165) is 12.5 Å². The lowest BCUT2D eigenvalue weighted by atomic mass is 9.94. The summed E-state index contributed by atoms with van der Waals surface area (Å²) < 4.78 is 5.42. The summed E-state index contributed by atoms with van der Waals surface area (Å²) in [7, 11) is -1.07. The van der Waals surface area contributed by atoms with E-state index >= 15 is 0 Å².